The second kappa shape index (κ2) is 15.3. The van der Waals surface area contributed by atoms with E-state index in [0.29, 0.717) is 43.8 Å². The van der Waals surface area contributed by atoms with Crippen LogP contribution in [0.4, 0.5) is 0 Å². The van der Waals surface area contributed by atoms with Gasteiger partial charge in [-0.25, -0.2) is 0 Å². The minimum absolute atomic E-state index is 0.0741. The molecule has 0 spiro atoms. The smallest absolute Gasteiger partial charge is 0.219 e. The zero-order chi connectivity index (χ0) is 18.2. The van der Waals surface area contributed by atoms with E-state index >= 15 is 0 Å². The van der Waals surface area contributed by atoms with Crippen LogP contribution in [-0.2, 0) is 14.4 Å². The number of amides is 1. The summed E-state index contributed by atoms with van der Waals surface area (Å²) in [4.78, 5) is 34.9. The number of carbonyl (C=O) groups excluding carboxylic acids is 3. The minimum atomic E-state index is 0.0741. The van der Waals surface area contributed by atoms with E-state index in [2.05, 4.69) is 12.2 Å². The van der Waals surface area contributed by atoms with Gasteiger partial charge in [0.2, 0.25) is 5.91 Å². The molecule has 0 radical (unpaired) electrons. The molecule has 1 amide bonds. The molecule has 0 aliphatic carbocycles. The van der Waals surface area contributed by atoms with E-state index in [1.54, 1.807) is 0 Å². The maximum Gasteiger partial charge on any atom is 0.219 e. The summed E-state index contributed by atoms with van der Waals surface area (Å²) in [5, 5.41) is 2.92. The minimum Gasteiger partial charge on any atom is -0.356 e. The van der Waals surface area contributed by atoms with Gasteiger partial charge in [0.15, 0.2) is 0 Å². The highest BCUT2D eigenvalue weighted by Gasteiger charge is 2.10. The average Bonchev–Trinajstić information content (AvgIpc) is 2.58. The van der Waals surface area contributed by atoms with Crippen LogP contribution in [0.25, 0.3) is 0 Å². The zero-order valence-corrected chi connectivity index (χ0v) is 16.0. The molecule has 0 heterocycles. The fourth-order valence-electron chi connectivity index (χ4n) is 2.50. The summed E-state index contributed by atoms with van der Waals surface area (Å²) in [6, 6.07) is 0. The van der Waals surface area contributed by atoms with Crippen molar-refractivity contribution in [3.63, 3.8) is 0 Å². The summed E-state index contributed by atoms with van der Waals surface area (Å²) in [6.07, 6.45) is 9.88. The molecule has 140 valence electrons. The monoisotopic (exact) mass is 339 g/mol. The standard InChI is InChI=1S/C20H37NO3/c1-4-6-12-18(22)13-8-7-11-16-21-20(24)15-10-9-14-19(23)17(3)5-2/h17H,4-16H2,1-3H3,(H,21,24). The molecule has 0 aliphatic rings. The molecule has 0 saturated heterocycles. The molecular formula is C20H37NO3. The molecule has 1 atom stereocenters. The number of carbonyl (C=O) groups is 3. The molecule has 4 heteroatoms. The highest BCUT2D eigenvalue weighted by atomic mass is 16.1. The summed E-state index contributed by atoms with van der Waals surface area (Å²) in [5.74, 6) is 0.900. The Morgan fingerprint density at radius 1 is 0.792 bits per heavy atom. The Kier molecular flexibility index (Phi) is 14.6. The van der Waals surface area contributed by atoms with E-state index in [1.807, 2.05) is 13.8 Å². The number of ketones is 2. The molecule has 0 aromatic carbocycles. The van der Waals surface area contributed by atoms with Crippen molar-refractivity contribution in [2.75, 3.05) is 6.54 Å². The van der Waals surface area contributed by atoms with Crippen LogP contribution in [-0.4, -0.2) is 24.0 Å². The van der Waals surface area contributed by atoms with Crippen molar-refractivity contribution < 1.29 is 14.4 Å². The normalized spacial score (nSPS) is 12.0. The number of rotatable bonds is 16. The number of nitrogens with one attached hydrogen (secondary N) is 1. The van der Waals surface area contributed by atoms with Crippen LogP contribution in [0.2, 0.25) is 0 Å². The zero-order valence-electron chi connectivity index (χ0n) is 16.0. The second-order valence-electron chi connectivity index (χ2n) is 6.79. The third kappa shape index (κ3) is 13.3. The highest BCUT2D eigenvalue weighted by molar-refractivity contribution is 5.80. The SMILES string of the molecule is CCCCC(=O)CCCCCNC(=O)CCCCC(=O)C(C)CC. The first-order chi connectivity index (χ1) is 11.5. The van der Waals surface area contributed by atoms with Crippen LogP contribution in [0.1, 0.15) is 97.8 Å². The molecule has 0 rings (SSSR count). The Balaban J connectivity index is 3.44. The predicted molar refractivity (Wildman–Crippen MR) is 98.9 cm³/mol. The molecule has 0 aromatic heterocycles. The Hall–Kier alpha value is -1.19. The van der Waals surface area contributed by atoms with E-state index in [0.717, 1.165) is 51.4 Å². The van der Waals surface area contributed by atoms with Crippen LogP contribution in [0, 0.1) is 5.92 Å². The molecule has 1 N–H and O–H groups in total. The Labute approximate surface area is 148 Å². The van der Waals surface area contributed by atoms with Crippen molar-refractivity contribution in [1.29, 1.82) is 0 Å². The number of hydrogen-bond donors (Lipinski definition) is 1. The van der Waals surface area contributed by atoms with E-state index in [1.165, 1.54) is 0 Å². The molecule has 0 aliphatic heterocycles. The van der Waals surface area contributed by atoms with Crippen LogP contribution in [0.3, 0.4) is 0 Å². The first-order valence-corrected chi connectivity index (χ1v) is 9.82. The lowest BCUT2D eigenvalue weighted by Crippen LogP contribution is -2.24. The maximum atomic E-state index is 11.7. The molecular weight excluding hydrogens is 302 g/mol. The Morgan fingerprint density at radius 2 is 1.42 bits per heavy atom. The van der Waals surface area contributed by atoms with E-state index < -0.39 is 0 Å². The first kappa shape index (κ1) is 22.8. The van der Waals surface area contributed by atoms with Crippen LogP contribution in [0.15, 0.2) is 0 Å². The van der Waals surface area contributed by atoms with Gasteiger partial charge in [-0.15, -0.1) is 0 Å². The number of Topliss-reactive ketones (excluding diaryl/α,β-unsaturated/α-hetero) is 2. The number of hydrogen-bond acceptors (Lipinski definition) is 3. The van der Waals surface area contributed by atoms with Gasteiger partial charge in [-0.1, -0.05) is 33.6 Å². The van der Waals surface area contributed by atoms with Crippen molar-refractivity contribution in [3.05, 3.63) is 0 Å². The van der Waals surface area contributed by atoms with Crippen molar-refractivity contribution in [1.82, 2.24) is 5.32 Å². The molecule has 1 unspecified atom stereocenters. The average molecular weight is 340 g/mol. The maximum absolute atomic E-state index is 11.7. The largest absolute Gasteiger partial charge is 0.356 e. The lowest BCUT2D eigenvalue weighted by molar-refractivity contribution is -0.123. The van der Waals surface area contributed by atoms with E-state index in [9.17, 15) is 14.4 Å². The van der Waals surface area contributed by atoms with Gasteiger partial charge >= 0.3 is 0 Å². The van der Waals surface area contributed by atoms with E-state index in [-0.39, 0.29) is 11.8 Å². The van der Waals surface area contributed by atoms with Gasteiger partial charge in [-0.05, 0) is 38.5 Å². The third-order valence-electron chi connectivity index (χ3n) is 4.50. The van der Waals surface area contributed by atoms with Crippen molar-refractivity contribution in [2.24, 2.45) is 5.92 Å². The summed E-state index contributed by atoms with van der Waals surface area (Å²) < 4.78 is 0. The van der Waals surface area contributed by atoms with Gasteiger partial charge in [0.1, 0.15) is 11.6 Å². The van der Waals surface area contributed by atoms with Gasteiger partial charge in [0, 0.05) is 38.1 Å². The Bertz CT molecular complexity index is 366. The van der Waals surface area contributed by atoms with Crippen LogP contribution in [0.5, 0.6) is 0 Å². The van der Waals surface area contributed by atoms with Gasteiger partial charge < -0.3 is 5.32 Å². The lowest BCUT2D eigenvalue weighted by Gasteiger charge is -2.07. The second-order valence-corrected chi connectivity index (χ2v) is 6.79. The summed E-state index contributed by atoms with van der Waals surface area (Å²) >= 11 is 0. The molecule has 24 heavy (non-hydrogen) atoms. The van der Waals surface area contributed by atoms with E-state index in [4.69, 9.17) is 0 Å². The first-order valence-electron chi connectivity index (χ1n) is 9.82. The van der Waals surface area contributed by atoms with Gasteiger partial charge in [0.25, 0.3) is 0 Å². The fourth-order valence-corrected chi connectivity index (χ4v) is 2.50. The topological polar surface area (TPSA) is 63.2 Å². The predicted octanol–water partition coefficient (Wildman–Crippen LogP) is 4.60. The van der Waals surface area contributed by atoms with Gasteiger partial charge in [-0.3, -0.25) is 14.4 Å². The van der Waals surface area contributed by atoms with Crippen molar-refractivity contribution in [2.45, 2.75) is 97.8 Å². The van der Waals surface area contributed by atoms with Gasteiger partial charge in [-0.2, -0.15) is 0 Å². The molecule has 0 saturated carbocycles. The Morgan fingerprint density at radius 3 is 2.08 bits per heavy atom. The summed E-state index contributed by atoms with van der Waals surface area (Å²) in [6.45, 7) is 6.77. The highest BCUT2D eigenvalue weighted by Crippen LogP contribution is 2.09. The quantitative estimate of drug-likeness (QED) is 0.418. The van der Waals surface area contributed by atoms with Crippen LogP contribution < -0.4 is 5.32 Å². The molecule has 0 aromatic rings. The van der Waals surface area contributed by atoms with Crippen molar-refractivity contribution >= 4 is 17.5 Å². The molecule has 0 bridgehead atoms. The van der Waals surface area contributed by atoms with Crippen LogP contribution >= 0.6 is 0 Å². The molecule has 0 fully saturated rings. The fraction of sp³-hybridized carbons (Fsp3) is 0.850. The number of unbranched alkanes of at least 4 members (excludes halogenated alkanes) is 4. The van der Waals surface area contributed by atoms with Gasteiger partial charge in [0.05, 0.1) is 0 Å². The summed E-state index contributed by atoms with van der Waals surface area (Å²) in [7, 11) is 0. The third-order valence-corrected chi connectivity index (χ3v) is 4.50. The van der Waals surface area contributed by atoms with Crippen molar-refractivity contribution in [3.8, 4) is 0 Å². The summed E-state index contributed by atoms with van der Waals surface area (Å²) in [5.41, 5.74) is 0. The lowest BCUT2D eigenvalue weighted by atomic mass is 9.99. The molecule has 4 nitrogen and oxygen atoms in total.